The summed E-state index contributed by atoms with van der Waals surface area (Å²) in [4.78, 5) is 12.4. The lowest BCUT2D eigenvalue weighted by Gasteiger charge is -2.24. The van der Waals surface area contributed by atoms with Gasteiger partial charge in [-0.2, -0.15) is 0 Å². The van der Waals surface area contributed by atoms with Crippen LogP contribution in [0.15, 0.2) is 12.7 Å². The standard InChI is InChI=1S/C8H15NO2/c1-4-7(3)9(6-10)8(11)5-2/h5,7,10H,2,4,6H2,1,3H3. The molecule has 1 atom stereocenters. The predicted octanol–water partition coefficient (Wildman–Crippen LogP) is 0.749. The van der Waals surface area contributed by atoms with Gasteiger partial charge in [0, 0.05) is 6.04 Å². The van der Waals surface area contributed by atoms with Crippen LogP contribution in [0.5, 0.6) is 0 Å². The van der Waals surface area contributed by atoms with Gasteiger partial charge in [-0.1, -0.05) is 13.5 Å². The summed E-state index contributed by atoms with van der Waals surface area (Å²) >= 11 is 0. The van der Waals surface area contributed by atoms with E-state index < -0.39 is 0 Å². The number of hydrogen-bond donors (Lipinski definition) is 1. The molecule has 3 nitrogen and oxygen atoms in total. The molecule has 0 rings (SSSR count). The molecule has 0 aromatic carbocycles. The van der Waals surface area contributed by atoms with Crippen LogP contribution in [0, 0.1) is 0 Å². The van der Waals surface area contributed by atoms with E-state index in [4.69, 9.17) is 5.11 Å². The lowest BCUT2D eigenvalue weighted by Crippen LogP contribution is -2.37. The van der Waals surface area contributed by atoms with Crippen LogP contribution in [0.2, 0.25) is 0 Å². The van der Waals surface area contributed by atoms with Crippen molar-refractivity contribution in [2.24, 2.45) is 0 Å². The summed E-state index contributed by atoms with van der Waals surface area (Å²) in [6.45, 7) is 6.96. The molecular formula is C8H15NO2. The molecule has 0 radical (unpaired) electrons. The van der Waals surface area contributed by atoms with E-state index in [1.807, 2.05) is 13.8 Å². The van der Waals surface area contributed by atoms with Crippen LogP contribution in [-0.4, -0.2) is 28.7 Å². The summed E-state index contributed by atoms with van der Waals surface area (Å²) in [6, 6.07) is 0.0745. The smallest absolute Gasteiger partial charge is 0.248 e. The Labute approximate surface area is 67.3 Å². The Kier molecular flexibility index (Phi) is 4.54. The predicted molar refractivity (Wildman–Crippen MR) is 43.9 cm³/mol. The molecule has 11 heavy (non-hydrogen) atoms. The first kappa shape index (κ1) is 10.2. The highest BCUT2D eigenvalue weighted by molar-refractivity contribution is 5.87. The van der Waals surface area contributed by atoms with Gasteiger partial charge < -0.3 is 10.0 Å². The third-order valence-corrected chi connectivity index (χ3v) is 1.73. The minimum atomic E-state index is -0.236. The molecule has 0 saturated carbocycles. The molecule has 0 spiro atoms. The topological polar surface area (TPSA) is 40.5 Å². The number of carbonyl (C=O) groups is 1. The van der Waals surface area contributed by atoms with Crippen molar-refractivity contribution in [2.45, 2.75) is 26.3 Å². The summed E-state index contributed by atoms with van der Waals surface area (Å²) in [6.07, 6.45) is 2.04. The van der Waals surface area contributed by atoms with E-state index in [1.54, 1.807) is 0 Å². The van der Waals surface area contributed by atoms with Gasteiger partial charge in [0.25, 0.3) is 0 Å². The lowest BCUT2D eigenvalue weighted by molar-refractivity contribution is -0.132. The lowest BCUT2D eigenvalue weighted by atomic mass is 10.2. The van der Waals surface area contributed by atoms with Crippen molar-refractivity contribution in [3.63, 3.8) is 0 Å². The first-order valence-electron chi connectivity index (χ1n) is 3.71. The Hall–Kier alpha value is -0.830. The fourth-order valence-corrected chi connectivity index (χ4v) is 0.764. The number of aliphatic hydroxyl groups excluding tert-OH is 1. The van der Waals surface area contributed by atoms with Gasteiger partial charge in [-0.25, -0.2) is 0 Å². The van der Waals surface area contributed by atoms with Crippen molar-refractivity contribution in [1.29, 1.82) is 0 Å². The van der Waals surface area contributed by atoms with Crippen molar-refractivity contribution in [2.75, 3.05) is 6.73 Å². The maximum atomic E-state index is 11.0. The molecule has 64 valence electrons. The van der Waals surface area contributed by atoms with E-state index in [0.29, 0.717) is 0 Å². The molecule has 1 unspecified atom stereocenters. The Bertz CT molecular complexity index is 145. The molecule has 3 heteroatoms. The number of rotatable bonds is 4. The molecule has 0 heterocycles. The van der Waals surface area contributed by atoms with Crippen LogP contribution in [0.25, 0.3) is 0 Å². The second kappa shape index (κ2) is 4.91. The first-order valence-corrected chi connectivity index (χ1v) is 3.71. The van der Waals surface area contributed by atoms with Crippen LogP contribution in [0.4, 0.5) is 0 Å². The van der Waals surface area contributed by atoms with E-state index in [1.165, 1.54) is 11.0 Å². The fraction of sp³-hybridized carbons (Fsp3) is 0.625. The molecule has 0 aliphatic carbocycles. The van der Waals surface area contributed by atoms with Crippen LogP contribution in [-0.2, 0) is 4.79 Å². The van der Waals surface area contributed by atoms with Gasteiger partial charge in [-0.05, 0) is 19.4 Å². The van der Waals surface area contributed by atoms with Gasteiger partial charge in [0.05, 0.1) is 0 Å². The fourth-order valence-electron chi connectivity index (χ4n) is 0.764. The Morgan fingerprint density at radius 3 is 2.64 bits per heavy atom. The highest BCUT2D eigenvalue weighted by Crippen LogP contribution is 2.02. The van der Waals surface area contributed by atoms with E-state index >= 15 is 0 Å². The number of nitrogens with zero attached hydrogens (tertiary/aromatic N) is 1. The molecule has 0 aromatic heterocycles. The maximum Gasteiger partial charge on any atom is 0.248 e. The molecule has 0 aliphatic rings. The monoisotopic (exact) mass is 157 g/mol. The van der Waals surface area contributed by atoms with Gasteiger partial charge >= 0.3 is 0 Å². The minimum absolute atomic E-state index is 0.0745. The molecule has 0 saturated heterocycles. The normalized spacial score (nSPS) is 12.3. The highest BCUT2D eigenvalue weighted by Gasteiger charge is 2.13. The molecule has 0 aromatic rings. The van der Waals surface area contributed by atoms with Crippen molar-refractivity contribution in [3.05, 3.63) is 12.7 Å². The third-order valence-electron chi connectivity index (χ3n) is 1.73. The van der Waals surface area contributed by atoms with E-state index in [-0.39, 0.29) is 18.7 Å². The van der Waals surface area contributed by atoms with Crippen molar-refractivity contribution in [1.82, 2.24) is 4.90 Å². The zero-order chi connectivity index (χ0) is 8.85. The van der Waals surface area contributed by atoms with Crippen molar-refractivity contribution >= 4 is 5.91 Å². The van der Waals surface area contributed by atoms with Crippen LogP contribution in [0.3, 0.4) is 0 Å². The van der Waals surface area contributed by atoms with Gasteiger partial charge in [0.2, 0.25) is 5.91 Å². The average Bonchev–Trinajstić information content (AvgIpc) is 2.05. The Morgan fingerprint density at radius 1 is 1.82 bits per heavy atom. The summed E-state index contributed by atoms with van der Waals surface area (Å²) in [5, 5.41) is 8.79. The van der Waals surface area contributed by atoms with Gasteiger partial charge in [-0.3, -0.25) is 4.79 Å². The van der Waals surface area contributed by atoms with Crippen LogP contribution >= 0.6 is 0 Å². The zero-order valence-electron chi connectivity index (χ0n) is 7.08. The minimum Gasteiger partial charge on any atom is -0.376 e. The number of hydrogen-bond acceptors (Lipinski definition) is 2. The van der Waals surface area contributed by atoms with Crippen molar-refractivity contribution < 1.29 is 9.90 Å². The average molecular weight is 157 g/mol. The number of amides is 1. The number of aliphatic hydroxyl groups is 1. The molecule has 0 fully saturated rings. The SMILES string of the molecule is C=CC(=O)N(CO)C(C)CC. The molecule has 0 bridgehead atoms. The Balaban J connectivity index is 4.14. The summed E-state index contributed by atoms with van der Waals surface area (Å²) in [5.74, 6) is -0.221. The molecule has 1 amide bonds. The highest BCUT2D eigenvalue weighted by atomic mass is 16.3. The number of carbonyl (C=O) groups excluding carboxylic acids is 1. The van der Waals surface area contributed by atoms with Gasteiger partial charge in [0.1, 0.15) is 6.73 Å². The molecular weight excluding hydrogens is 142 g/mol. The second-order valence-electron chi connectivity index (χ2n) is 2.41. The van der Waals surface area contributed by atoms with Crippen LogP contribution in [0.1, 0.15) is 20.3 Å². The zero-order valence-corrected chi connectivity index (χ0v) is 7.08. The molecule has 0 aliphatic heterocycles. The Morgan fingerprint density at radius 2 is 2.36 bits per heavy atom. The van der Waals surface area contributed by atoms with Crippen molar-refractivity contribution in [3.8, 4) is 0 Å². The van der Waals surface area contributed by atoms with E-state index in [0.717, 1.165) is 6.42 Å². The quantitative estimate of drug-likeness (QED) is 0.483. The largest absolute Gasteiger partial charge is 0.376 e. The summed E-state index contributed by atoms with van der Waals surface area (Å²) < 4.78 is 0. The van der Waals surface area contributed by atoms with E-state index in [9.17, 15) is 4.79 Å². The van der Waals surface area contributed by atoms with Gasteiger partial charge in [0.15, 0.2) is 0 Å². The third kappa shape index (κ3) is 2.72. The summed E-state index contributed by atoms with van der Waals surface area (Å²) in [7, 11) is 0. The van der Waals surface area contributed by atoms with E-state index in [2.05, 4.69) is 6.58 Å². The van der Waals surface area contributed by atoms with Gasteiger partial charge in [-0.15, -0.1) is 0 Å². The summed E-state index contributed by atoms with van der Waals surface area (Å²) in [5.41, 5.74) is 0. The first-order chi connectivity index (χ1) is 5.17. The maximum absolute atomic E-state index is 11.0. The second-order valence-corrected chi connectivity index (χ2v) is 2.41. The van der Waals surface area contributed by atoms with Crippen LogP contribution < -0.4 is 0 Å². The molecule has 1 N–H and O–H groups in total.